The van der Waals surface area contributed by atoms with Crippen LogP contribution < -0.4 is 10.6 Å². The summed E-state index contributed by atoms with van der Waals surface area (Å²) in [6.45, 7) is 1.36. The zero-order valence-electron chi connectivity index (χ0n) is 42.2. The maximum atomic E-state index is 13.2. The summed E-state index contributed by atoms with van der Waals surface area (Å²) in [4.78, 5) is 72.9. The molecule has 2 aliphatic carbocycles. The third-order valence-electron chi connectivity index (χ3n) is 12.9. The highest BCUT2D eigenvalue weighted by Gasteiger charge is 2.38. The van der Waals surface area contributed by atoms with Gasteiger partial charge in [-0.1, -0.05) is 32.6 Å². The molecule has 0 aromatic heterocycles. The van der Waals surface area contributed by atoms with E-state index in [4.69, 9.17) is 5.11 Å². The molecule has 4 aromatic rings. The minimum absolute atomic E-state index is 0.0389. The minimum Gasteiger partial charge on any atom is -0.389 e. The third kappa shape index (κ3) is 18.6. The number of carbonyl (C=O) groups excluding carboxylic acids is 6. The van der Waals surface area contributed by atoms with E-state index in [0.717, 1.165) is 44.3 Å². The predicted molar refractivity (Wildman–Crippen MR) is 267 cm³/mol. The van der Waals surface area contributed by atoms with Crippen LogP contribution in [0.25, 0.3) is 12.2 Å². The van der Waals surface area contributed by atoms with Gasteiger partial charge in [0.15, 0.2) is 17.3 Å². The summed E-state index contributed by atoms with van der Waals surface area (Å²) in [5.41, 5.74) is -3.55. The summed E-state index contributed by atoms with van der Waals surface area (Å²) in [6.07, 6.45) is -9.01. The molecule has 0 bridgehead atoms. The number of unbranched alkanes of at least 4 members (excludes halogenated alkanes) is 6. The second-order valence-corrected chi connectivity index (χ2v) is 18.9. The number of allylic oxidation sites excluding steroid dienone is 2. The molecule has 0 spiro atoms. The van der Waals surface area contributed by atoms with Crippen LogP contribution in [-0.2, 0) is 56.7 Å². The summed E-state index contributed by atoms with van der Waals surface area (Å²) in [5.74, 6) is -1.39. The minimum atomic E-state index is -4.99. The number of benzene rings is 4. The topological polar surface area (TPSA) is 147 Å². The molecular weight excluding hydrogens is 1050 g/mol. The molecule has 4 aromatic carbocycles. The van der Waals surface area contributed by atoms with Gasteiger partial charge in [0.2, 0.25) is 11.8 Å². The summed E-state index contributed by atoms with van der Waals surface area (Å²) in [6, 6.07) is 11.8. The number of hydrogen-bond acceptors (Lipinski definition) is 7. The SMILES string of the molecule is CCC(=O)CCCCCCC(=O)Nc1ccc2c(c1)CC/C(=C\c1cc(C(F)(F)F)cc(C(F)(F)F)c1)C2=O.O=C(CO)CCCCCCC(=O)Nc1ccc2c(c1)CC/C(=C\c1cc(C(F)(F)F)cc(C(F)(F)F)c1)C2=O. The van der Waals surface area contributed by atoms with Gasteiger partial charge in [0, 0.05) is 65.8 Å². The van der Waals surface area contributed by atoms with Crippen molar-refractivity contribution in [3.8, 4) is 0 Å². The first kappa shape index (κ1) is 61.9. The van der Waals surface area contributed by atoms with Gasteiger partial charge in [-0.2, -0.15) is 52.7 Å². The van der Waals surface area contributed by atoms with E-state index in [1.807, 2.05) is 6.92 Å². The second-order valence-electron chi connectivity index (χ2n) is 18.9. The van der Waals surface area contributed by atoms with Crippen molar-refractivity contribution in [2.24, 2.45) is 0 Å². The van der Waals surface area contributed by atoms with Gasteiger partial charge in [-0.3, -0.25) is 28.8 Å². The summed E-state index contributed by atoms with van der Waals surface area (Å²) >= 11 is 0. The van der Waals surface area contributed by atoms with E-state index < -0.39 is 65.1 Å². The van der Waals surface area contributed by atoms with Crippen molar-refractivity contribution in [2.75, 3.05) is 17.2 Å². The molecule has 0 unspecified atom stereocenters. The predicted octanol–water partition coefficient (Wildman–Crippen LogP) is 15.0. The van der Waals surface area contributed by atoms with Gasteiger partial charge in [0.05, 0.1) is 22.3 Å². The van der Waals surface area contributed by atoms with E-state index in [2.05, 4.69) is 10.6 Å². The quantitative estimate of drug-likeness (QED) is 0.0454. The molecule has 21 heteroatoms. The van der Waals surface area contributed by atoms with E-state index in [9.17, 15) is 81.5 Å². The summed E-state index contributed by atoms with van der Waals surface area (Å²) < 4.78 is 158. The van der Waals surface area contributed by atoms with Crippen LogP contribution in [0.4, 0.5) is 64.1 Å². The molecule has 9 nitrogen and oxygen atoms in total. The summed E-state index contributed by atoms with van der Waals surface area (Å²) in [7, 11) is 0. The molecule has 0 fully saturated rings. The molecule has 0 heterocycles. The van der Waals surface area contributed by atoms with Crippen LogP contribution in [0.15, 0.2) is 83.9 Å². The number of carbonyl (C=O) groups is 6. The lowest BCUT2D eigenvalue weighted by Gasteiger charge is -2.19. The van der Waals surface area contributed by atoms with Gasteiger partial charge in [-0.25, -0.2) is 0 Å². The number of anilines is 2. The molecule has 0 aliphatic heterocycles. The molecule has 0 atom stereocenters. The maximum Gasteiger partial charge on any atom is 0.416 e. The van der Waals surface area contributed by atoms with Gasteiger partial charge < -0.3 is 15.7 Å². The van der Waals surface area contributed by atoms with Gasteiger partial charge in [-0.05, 0) is 159 Å². The van der Waals surface area contributed by atoms with Gasteiger partial charge in [0.1, 0.15) is 12.4 Å². The average molecular weight is 1110 g/mol. The van der Waals surface area contributed by atoms with Crippen LogP contribution in [0.2, 0.25) is 0 Å². The Balaban J connectivity index is 0.000000287. The highest BCUT2D eigenvalue weighted by atomic mass is 19.4. The molecule has 420 valence electrons. The highest BCUT2D eigenvalue weighted by Crippen LogP contribution is 2.40. The zero-order chi connectivity index (χ0) is 57.6. The van der Waals surface area contributed by atoms with Gasteiger partial charge >= 0.3 is 24.7 Å². The zero-order valence-corrected chi connectivity index (χ0v) is 42.2. The molecule has 6 rings (SSSR count). The number of ketones is 4. The Hall–Kier alpha value is -6.90. The number of amides is 2. The van der Waals surface area contributed by atoms with Crippen molar-refractivity contribution >= 4 is 58.5 Å². The molecule has 0 saturated heterocycles. The summed E-state index contributed by atoms with van der Waals surface area (Å²) in [5, 5.41) is 14.2. The van der Waals surface area contributed by atoms with Crippen molar-refractivity contribution in [2.45, 2.75) is 141 Å². The fraction of sp³-hybridized carbons (Fsp3) is 0.404. The smallest absolute Gasteiger partial charge is 0.389 e. The first-order valence-electron chi connectivity index (χ1n) is 25.1. The molecule has 0 saturated carbocycles. The van der Waals surface area contributed by atoms with Crippen LogP contribution in [0.5, 0.6) is 0 Å². The second kappa shape index (κ2) is 27.1. The highest BCUT2D eigenvalue weighted by molar-refractivity contribution is 6.14. The van der Waals surface area contributed by atoms with Crippen LogP contribution in [0.3, 0.4) is 0 Å². The number of hydrogen-bond donors (Lipinski definition) is 3. The first-order chi connectivity index (χ1) is 36.5. The number of Topliss-reactive ketones (excluding diaryl/α,β-unsaturated/α-hetero) is 4. The Bertz CT molecular complexity index is 2650. The van der Waals surface area contributed by atoms with Gasteiger partial charge in [-0.15, -0.1) is 0 Å². The van der Waals surface area contributed by atoms with E-state index in [0.29, 0.717) is 105 Å². The maximum absolute atomic E-state index is 13.2. The molecular formula is C57H56F12N2O7. The van der Waals surface area contributed by atoms with Crippen molar-refractivity contribution in [3.05, 3.63) is 140 Å². The Labute approximate surface area is 441 Å². The van der Waals surface area contributed by atoms with E-state index in [1.54, 1.807) is 18.2 Å². The largest absolute Gasteiger partial charge is 0.416 e. The number of halogens is 12. The monoisotopic (exact) mass is 1110 g/mol. The molecule has 2 aliphatic rings. The number of aryl methyl sites for hydroxylation is 2. The fourth-order valence-electron chi connectivity index (χ4n) is 8.74. The molecule has 2 amide bonds. The Morgan fingerprint density at radius 2 is 0.795 bits per heavy atom. The van der Waals surface area contributed by atoms with Crippen molar-refractivity contribution in [1.29, 1.82) is 0 Å². The fourth-order valence-corrected chi connectivity index (χ4v) is 8.74. The number of aliphatic hydroxyl groups excluding tert-OH is 1. The Morgan fingerprint density at radius 3 is 1.12 bits per heavy atom. The van der Waals surface area contributed by atoms with Crippen LogP contribution in [-0.4, -0.2) is 46.7 Å². The van der Waals surface area contributed by atoms with Crippen molar-refractivity contribution < 1.29 is 86.6 Å². The number of alkyl halides is 12. The van der Waals surface area contributed by atoms with Crippen LogP contribution in [0, 0.1) is 0 Å². The van der Waals surface area contributed by atoms with E-state index >= 15 is 0 Å². The van der Waals surface area contributed by atoms with Gasteiger partial charge in [0.25, 0.3) is 0 Å². The number of nitrogens with one attached hydrogen (secondary N) is 2. The van der Waals surface area contributed by atoms with Crippen LogP contribution in [0.1, 0.15) is 168 Å². The lowest BCUT2D eigenvalue weighted by molar-refractivity contribution is -0.144. The molecule has 0 radical (unpaired) electrons. The number of fused-ring (bicyclic) bond motifs is 2. The Morgan fingerprint density at radius 1 is 0.462 bits per heavy atom. The van der Waals surface area contributed by atoms with E-state index in [-0.39, 0.29) is 88.2 Å². The molecule has 78 heavy (non-hydrogen) atoms. The first-order valence-corrected chi connectivity index (χ1v) is 25.1. The standard InChI is InChI=1S/C29H29F6NO3.C28H27F6NO4/c1-2-24(37)7-5-3-4-6-8-26(38)36-23-11-12-25-19(16-23)9-10-20(27(25)39)13-18-14-21(28(30,31)32)17-22(15-18)29(33,34)35;29-27(30,31)20-12-17(13-21(15-20)28(32,33)34)11-19-8-7-18-14-22(9-10-24(18)26(19)39)35-25(38)6-4-2-1-3-5-23(37)16-36/h11-17H,2-10H2,1H3,(H,36,38);9-15,36H,1-8,16H2,(H,35,38)/b20-13+;19-11+. The van der Waals surface area contributed by atoms with Crippen LogP contribution >= 0.6 is 0 Å². The lowest BCUT2D eigenvalue weighted by Crippen LogP contribution is -2.16. The van der Waals surface area contributed by atoms with Crippen molar-refractivity contribution in [1.82, 2.24) is 0 Å². The Kier molecular flexibility index (Phi) is 21.5. The van der Waals surface area contributed by atoms with Crippen molar-refractivity contribution in [3.63, 3.8) is 0 Å². The number of rotatable bonds is 20. The molecule has 3 N–H and O–H groups in total. The van der Waals surface area contributed by atoms with E-state index in [1.165, 1.54) is 18.2 Å². The average Bonchev–Trinajstić information content (AvgIpc) is 3.43. The third-order valence-corrected chi connectivity index (χ3v) is 12.9. The lowest BCUT2D eigenvalue weighted by atomic mass is 9.85. The normalized spacial score (nSPS) is 14.8. The number of aliphatic hydroxyl groups is 1.